The molecule has 0 amide bonds. The summed E-state index contributed by atoms with van der Waals surface area (Å²) in [6.07, 6.45) is 5.36. The topological polar surface area (TPSA) is 69.7 Å². The number of nitrogens with zero attached hydrogens (tertiary/aromatic N) is 2. The van der Waals surface area contributed by atoms with Gasteiger partial charge >= 0.3 is 0 Å². The number of carbonyl (C=O) groups is 1. The fourth-order valence-electron chi connectivity index (χ4n) is 4.44. The van der Waals surface area contributed by atoms with Crippen LogP contribution in [0.15, 0.2) is 46.7 Å². The van der Waals surface area contributed by atoms with Crippen molar-refractivity contribution in [2.45, 2.75) is 43.0 Å². The molecule has 2 aliphatic rings. The molecule has 4 rings (SSSR count). The third-order valence-corrected chi connectivity index (χ3v) is 9.09. The highest BCUT2D eigenvalue weighted by Crippen LogP contribution is 2.28. The predicted molar refractivity (Wildman–Crippen MR) is 124 cm³/mol. The first-order valence-electron chi connectivity index (χ1n) is 11.2. The number of piperidine rings is 1. The zero-order valence-corrected chi connectivity index (χ0v) is 19.5. The van der Waals surface area contributed by atoms with Crippen LogP contribution in [0.25, 0.3) is 0 Å². The minimum absolute atomic E-state index is 0.0201. The molecular weight excluding hydrogens is 430 g/mol. The average Bonchev–Trinajstić information content (AvgIpc) is 3.52. The summed E-state index contributed by atoms with van der Waals surface area (Å²) in [5, 5.41) is 5.43. The molecule has 168 valence electrons. The predicted octanol–water partition coefficient (Wildman–Crippen LogP) is 3.53. The molecule has 0 radical (unpaired) electrons. The number of thiophene rings is 1. The van der Waals surface area contributed by atoms with E-state index in [1.807, 2.05) is 0 Å². The van der Waals surface area contributed by atoms with Gasteiger partial charge < -0.3 is 5.32 Å². The number of likely N-dealkylation sites (tertiary alicyclic amines) is 1. The van der Waals surface area contributed by atoms with Gasteiger partial charge in [-0.15, -0.1) is 11.3 Å². The lowest BCUT2D eigenvalue weighted by Crippen LogP contribution is -2.36. The number of benzene rings is 1. The van der Waals surface area contributed by atoms with E-state index >= 15 is 0 Å². The Labute approximate surface area is 189 Å². The fourth-order valence-corrected chi connectivity index (χ4v) is 6.81. The molecular formula is C23H31N3O3S2. The van der Waals surface area contributed by atoms with E-state index in [2.05, 4.69) is 27.7 Å². The number of sulfonamides is 1. The van der Waals surface area contributed by atoms with Gasteiger partial charge in [-0.1, -0.05) is 24.6 Å². The summed E-state index contributed by atoms with van der Waals surface area (Å²) < 4.78 is 27.1. The van der Waals surface area contributed by atoms with Gasteiger partial charge in [-0.05, 0) is 62.4 Å². The van der Waals surface area contributed by atoms with E-state index in [1.54, 1.807) is 39.9 Å². The van der Waals surface area contributed by atoms with Crippen molar-refractivity contribution < 1.29 is 13.2 Å². The average molecular weight is 462 g/mol. The number of rotatable bonds is 9. The molecule has 2 aliphatic heterocycles. The molecule has 1 N–H and O–H groups in total. The van der Waals surface area contributed by atoms with Gasteiger partial charge in [0.25, 0.3) is 0 Å². The SMILES string of the molecule is O=C(CNCC(c1cccs1)N1CCCC1)c1ccc(S(=O)(=O)N2CCCCC2)cc1. The van der Waals surface area contributed by atoms with E-state index < -0.39 is 10.0 Å². The second-order valence-corrected chi connectivity index (χ2v) is 11.2. The van der Waals surface area contributed by atoms with E-state index in [0.717, 1.165) is 38.9 Å². The molecule has 2 aromatic rings. The number of Topliss-reactive ketones (excluding diaryl/α,β-unsaturated/α-hetero) is 1. The summed E-state index contributed by atoms with van der Waals surface area (Å²) in [4.78, 5) is 16.7. The number of carbonyl (C=O) groups excluding carboxylic acids is 1. The lowest BCUT2D eigenvalue weighted by molar-refractivity contribution is 0.0987. The maximum Gasteiger partial charge on any atom is 0.243 e. The quantitative estimate of drug-likeness (QED) is 0.579. The fraction of sp³-hybridized carbons (Fsp3) is 0.522. The van der Waals surface area contributed by atoms with E-state index in [1.165, 1.54) is 17.7 Å². The largest absolute Gasteiger partial charge is 0.308 e. The van der Waals surface area contributed by atoms with Gasteiger partial charge in [0.15, 0.2) is 5.78 Å². The third-order valence-electron chi connectivity index (χ3n) is 6.21. The zero-order valence-electron chi connectivity index (χ0n) is 17.8. The molecule has 0 bridgehead atoms. The highest BCUT2D eigenvalue weighted by molar-refractivity contribution is 7.89. The van der Waals surface area contributed by atoms with Gasteiger partial charge in [0.2, 0.25) is 10.0 Å². The van der Waals surface area contributed by atoms with Gasteiger partial charge in [-0.25, -0.2) is 8.42 Å². The van der Waals surface area contributed by atoms with Crippen LogP contribution in [0.1, 0.15) is 53.4 Å². The minimum Gasteiger partial charge on any atom is -0.308 e. The Morgan fingerprint density at radius 1 is 0.968 bits per heavy atom. The molecule has 1 aromatic carbocycles. The first-order chi connectivity index (χ1) is 15.1. The highest BCUT2D eigenvalue weighted by Gasteiger charge is 2.26. The lowest BCUT2D eigenvalue weighted by Gasteiger charge is -2.27. The van der Waals surface area contributed by atoms with Crippen LogP contribution in [0.4, 0.5) is 0 Å². The van der Waals surface area contributed by atoms with Crippen molar-refractivity contribution in [1.82, 2.24) is 14.5 Å². The van der Waals surface area contributed by atoms with Crippen molar-refractivity contribution in [3.8, 4) is 0 Å². The zero-order chi connectivity index (χ0) is 21.7. The van der Waals surface area contributed by atoms with Gasteiger partial charge in [-0.2, -0.15) is 4.31 Å². The molecule has 1 unspecified atom stereocenters. The molecule has 0 spiro atoms. The second kappa shape index (κ2) is 10.4. The van der Waals surface area contributed by atoms with Crippen LogP contribution in [0, 0.1) is 0 Å². The first-order valence-corrected chi connectivity index (χ1v) is 13.5. The Kier molecular flexibility index (Phi) is 7.55. The van der Waals surface area contributed by atoms with Gasteiger partial charge in [-0.3, -0.25) is 9.69 Å². The van der Waals surface area contributed by atoms with Crippen molar-refractivity contribution in [3.05, 3.63) is 52.2 Å². The lowest BCUT2D eigenvalue weighted by atomic mass is 10.1. The number of hydrogen-bond acceptors (Lipinski definition) is 6. The van der Waals surface area contributed by atoms with E-state index in [4.69, 9.17) is 0 Å². The minimum atomic E-state index is -3.47. The summed E-state index contributed by atoms with van der Waals surface area (Å²) >= 11 is 1.76. The molecule has 3 heterocycles. The summed E-state index contributed by atoms with van der Waals surface area (Å²) in [5.74, 6) is -0.0201. The van der Waals surface area contributed by atoms with Gasteiger partial charge in [0.1, 0.15) is 0 Å². The Hall–Kier alpha value is -1.58. The molecule has 0 aliphatic carbocycles. The van der Waals surface area contributed by atoms with Crippen LogP contribution in [0.2, 0.25) is 0 Å². The second-order valence-electron chi connectivity index (χ2n) is 8.32. The van der Waals surface area contributed by atoms with E-state index in [9.17, 15) is 13.2 Å². The van der Waals surface area contributed by atoms with Crippen molar-refractivity contribution in [2.75, 3.05) is 39.3 Å². The first kappa shape index (κ1) is 22.6. The molecule has 8 heteroatoms. The van der Waals surface area contributed by atoms with E-state index in [0.29, 0.717) is 24.7 Å². The molecule has 1 aromatic heterocycles. The number of hydrogen-bond donors (Lipinski definition) is 1. The normalized spacial score (nSPS) is 19.5. The maximum atomic E-state index is 12.8. The Morgan fingerprint density at radius 2 is 1.65 bits per heavy atom. The summed E-state index contributed by atoms with van der Waals surface area (Å²) in [6.45, 7) is 4.34. The van der Waals surface area contributed by atoms with Crippen LogP contribution in [0.5, 0.6) is 0 Å². The summed E-state index contributed by atoms with van der Waals surface area (Å²) in [7, 11) is -3.47. The van der Waals surface area contributed by atoms with Crippen LogP contribution < -0.4 is 5.32 Å². The van der Waals surface area contributed by atoms with Crippen LogP contribution >= 0.6 is 11.3 Å². The highest BCUT2D eigenvalue weighted by atomic mass is 32.2. The van der Waals surface area contributed by atoms with Crippen LogP contribution in [-0.4, -0.2) is 62.7 Å². The third kappa shape index (κ3) is 5.43. The maximum absolute atomic E-state index is 12.8. The van der Waals surface area contributed by atoms with Gasteiger partial charge in [0, 0.05) is 30.1 Å². The van der Waals surface area contributed by atoms with Crippen molar-refractivity contribution in [2.24, 2.45) is 0 Å². The molecule has 0 saturated carbocycles. The van der Waals surface area contributed by atoms with Gasteiger partial charge in [0.05, 0.1) is 17.5 Å². The smallest absolute Gasteiger partial charge is 0.243 e. The summed E-state index contributed by atoms with van der Waals surface area (Å²) in [5.41, 5.74) is 0.541. The van der Waals surface area contributed by atoms with Crippen molar-refractivity contribution in [1.29, 1.82) is 0 Å². The summed E-state index contributed by atoms with van der Waals surface area (Å²) in [6, 6.07) is 10.9. The Balaban J connectivity index is 1.34. The van der Waals surface area contributed by atoms with Crippen molar-refractivity contribution in [3.63, 3.8) is 0 Å². The standard InChI is InChI=1S/C23H31N3O3S2/c27-22(18-24-17-21(23-7-6-16-30-23)25-12-4-5-13-25)19-8-10-20(11-9-19)31(28,29)26-14-2-1-3-15-26/h6-11,16,21,24H,1-5,12-15,17-18H2. The molecule has 31 heavy (non-hydrogen) atoms. The monoisotopic (exact) mass is 461 g/mol. The number of nitrogens with one attached hydrogen (secondary N) is 1. The Morgan fingerprint density at radius 3 is 2.29 bits per heavy atom. The van der Waals surface area contributed by atoms with Crippen LogP contribution in [-0.2, 0) is 10.0 Å². The van der Waals surface area contributed by atoms with Crippen LogP contribution in [0.3, 0.4) is 0 Å². The van der Waals surface area contributed by atoms with Crippen molar-refractivity contribution >= 4 is 27.1 Å². The molecule has 2 fully saturated rings. The van der Waals surface area contributed by atoms with E-state index in [-0.39, 0.29) is 17.2 Å². The molecule has 2 saturated heterocycles. The molecule has 1 atom stereocenters. The Bertz CT molecular complexity index is 946. The molecule has 6 nitrogen and oxygen atoms in total. The number of ketones is 1.